The topological polar surface area (TPSA) is 100 Å². The number of nitrogens with one attached hydrogen (secondary N) is 3. The van der Waals surface area contributed by atoms with Gasteiger partial charge in [-0.3, -0.25) is 5.10 Å². The van der Waals surface area contributed by atoms with E-state index < -0.39 is 10.0 Å². The third-order valence-electron chi connectivity index (χ3n) is 3.02. The summed E-state index contributed by atoms with van der Waals surface area (Å²) in [7, 11) is -3.13. The second kappa shape index (κ2) is 6.88. The Morgan fingerprint density at radius 1 is 1.33 bits per heavy atom. The van der Waals surface area contributed by atoms with E-state index >= 15 is 0 Å². The Kier molecular flexibility index (Phi) is 5.16. The van der Waals surface area contributed by atoms with Crippen LogP contribution in [0, 0.1) is 6.92 Å². The lowest BCUT2D eigenvalue weighted by Crippen LogP contribution is -2.32. The minimum Gasteiger partial charge on any atom is -0.460 e. The molecule has 2 rings (SSSR count). The van der Waals surface area contributed by atoms with Gasteiger partial charge in [-0.1, -0.05) is 0 Å². The number of aryl methyl sites for hydroxylation is 1. The summed E-state index contributed by atoms with van der Waals surface area (Å²) in [6.45, 7) is 4.99. The smallest absolute Gasteiger partial charge is 0.211 e. The van der Waals surface area contributed by atoms with E-state index in [1.54, 1.807) is 13.1 Å². The molecule has 0 atom stereocenters. The molecule has 2 aromatic rings. The molecule has 0 fully saturated rings. The van der Waals surface area contributed by atoms with E-state index in [4.69, 9.17) is 4.42 Å². The summed E-state index contributed by atoms with van der Waals surface area (Å²) in [4.78, 5) is 0. The lowest BCUT2D eigenvalue weighted by atomic mass is 10.2. The average Bonchev–Trinajstić information content (AvgIpc) is 3.07. The molecule has 2 aromatic heterocycles. The van der Waals surface area contributed by atoms with Crippen LogP contribution in [0.1, 0.15) is 18.2 Å². The summed E-state index contributed by atoms with van der Waals surface area (Å²) in [6.07, 6.45) is 1.73. The number of aromatic nitrogens is 2. The lowest BCUT2D eigenvalue weighted by molar-refractivity contribution is 0.545. The molecule has 0 saturated heterocycles. The van der Waals surface area contributed by atoms with Gasteiger partial charge in [0, 0.05) is 25.2 Å². The lowest BCUT2D eigenvalue weighted by Gasteiger charge is -2.06. The highest BCUT2D eigenvalue weighted by atomic mass is 32.2. The first-order chi connectivity index (χ1) is 10.0. The molecular weight excluding hydrogens is 292 g/mol. The monoisotopic (exact) mass is 312 g/mol. The Morgan fingerprint density at radius 2 is 2.14 bits per heavy atom. The molecule has 0 aliphatic rings. The molecule has 0 saturated carbocycles. The van der Waals surface area contributed by atoms with Crippen LogP contribution >= 0.6 is 0 Å². The maximum absolute atomic E-state index is 11.3. The van der Waals surface area contributed by atoms with Crippen molar-refractivity contribution in [2.75, 3.05) is 18.8 Å². The second-order valence-electron chi connectivity index (χ2n) is 4.66. The van der Waals surface area contributed by atoms with Crippen LogP contribution in [0.25, 0.3) is 11.5 Å². The van der Waals surface area contributed by atoms with Crippen LogP contribution < -0.4 is 10.0 Å². The van der Waals surface area contributed by atoms with E-state index in [1.807, 2.05) is 19.1 Å². The fraction of sp³-hybridized carbons (Fsp3) is 0.462. The zero-order valence-corrected chi connectivity index (χ0v) is 13.0. The van der Waals surface area contributed by atoms with Gasteiger partial charge in [-0.2, -0.15) is 5.10 Å². The number of hydrogen-bond donors (Lipinski definition) is 3. The Hall–Kier alpha value is -1.64. The predicted molar refractivity (Wildman–Crippen MR) is 80.2 cm³/mol. The number of rotatable bonds is 8. The normalized spacial score (nSPS) is 11.9. The third-order valence-corrected chi connectivity index (χ3v) is 4.43. The summed E-state index contributed by atoms with van der Waals surface area (Å²) in [6, 6.07) is 3.79. The first kappa shape index (κ1) is 15.7. The average molecular weight is 312 g/mol. The van der Waals surface area contributed by atoms with Crippen molar-refractivity contribution in [1.82, 2.24) is 20.2 Å². The summed E-state index contributed by atoms with van der Waals surface area (Å²) in [5.74, 6) is 1.68. The largest absolute Gasteiger partial charge is 0.460 e. The van der Waals surface area contributed by atoms with Crippen molar-refractivity contribution in [2.24, 2.45) is 0 Å². The van der Waals surface area contributed by atoms with Crippen molar-refractivity contribution in [3.8, 4) is 11.5 Å². The molecule has 0 aromatic carbocycles. The summed E-state index contributed by atoms with van der Waals surface area (Å²) in [5.41, 5.74) is 1.81. The van der Waals surface area contributed by atoms with Crippen molar-refractivity contribution in [3.05, 3.63) is 29.7 Å². The van der Waals surface area contributed by atoms with Crippen LogP contribution in [0.3, 0.4) is 0 Å². The number of aromatic amines is 1. The van der Waals surface area contributed by atoms with Gasteiger partial charge in [-0.25, -0.2) is 13.1 Å². The molecule has 0 aliphatic carbocycles. The number of H-pyrrole nitrogens is 1. The van der Waals surface area contributed by atoms with Gasteiger partial charge < -0.3 is 9.73 Å². The van der Waals surface area contributed by atoms with Gasteiger partial charge in [0.25, 0.3) is 0 Å². The Bertz CT molecular complexity index is 675. The van der Waals surface area contributed by atoms with E-state index in [0.717, 1.165) is 22.8 Å². The van der Waals surface area contributed by atoms with Gasteiger partial charge in [0.1, 0.15) is 11.5 Å². The van der Waals surface area contributed by atoms with E-state index in [0.29, 0.717) is 19.6 Å². The van der Waals surface area contributed by atoms with Gasteiger partial charge in [-0.05, 0) is 26.0 Å². The SMILES string of the molecule is CCS(=O)(=O)NCCNCc1cn[nH]c1-c1ccc(C)o1. The first-order valence-electron chi connectivity index (χ1n) is 6.79. The molecule has 0 aliphatic heterocycles. The van der Waals surface area contributed by atoms with Crippen LogP contribution in [-0.2, 0) is 16.6 Å². The van der Waals surface area contributed by atoms with Crippen molar-refractivity contribution in [1.29, 1.82) is 0 Å². The van der Waals surface area contributed by atoms with Gasteiger partial charge in [-0.15, -0.1) is 0 Å². The second-order valence-corrected chi connectivity index (χ2v) is 6.75. The van der Waals surface area contributed by atoms with Crippen LogP contribution in [0.5, 0.6) is 0 Å². The summed E-state index contributed by atoms with van der Waals surface area (Å²) in [5, 5.41) is 10.1. The minimum atomic E-state index is -3.13. The highest BCUT2D eigenvalue weighted by molar-refractivity contribution is 7.89. The maximum atomic E-state index is 11.3. The Labute approximate surface area is 124 Å². The summed E-state index contributed by atoms with van der Waals surface area (Å²) >= 11 is 0. The molecule has 21 heavy (non-hydrogen) atoms. The standard InChI is InChI=1S/C13H20N4O3S/c1-3-21(18,19)16-7-6-14-8-11-9-15-17-13(11)12-5-4-10(2)20-12/h4-5,9,14,16H,3,6-8H2,1-2H3,(H,15,17). The third kappa shape index (κ3) is 4.42. The van der Waals surface area contributed by atoms with Gasteiger partial charge >= 0.3 is 0 Å². The Balaban J connectivity index is 1.84. The highest BCUT2D eigenvalue weighted by Crippen LogP contribution is 2.22. The van der Waals surface area contributed by atoms with Crippen molar-refractivity contribution >= 4 is 10.0 Å². The van der Waals surface area contributed by atoms with E-state index in [2.05, 4.69) is 20.2 Å². The maximum Gasteiger partial charge on any atom is 0.211 e. The van der Waals surface area contributed by atoms with Crippen LogP contribution in [0.4, 0.5) is 0 Å². The van der Waals surface area contributed by atoms with Crippen LogP contribution in [0.2, 0.25) is 0 Å². The van der Waals surface area contributed by atoms with E-state index in [9.17, 15) is 8.42 Å². The molecule has 0 spiro atoms. The van der Waals surface area contributed by atoms with Crippen molar-refractivity contribution in [3.63, 3.8) is 0 Å². The van der Waals surface area contributed by atoms with E-state index in [-0.39, 0.29) is 5.75 Å². The predicted octanol–water partition coefficient (Wildman–Crippen LogP) is 1.01. The van der Waals surface area contributed by atoms with Gasteiger partial charge in [0.2, 0.25) is 10.0 Å². The van der Waals surface area contributed by atoms with E-state index in [1.165, 1.54) is 0 Å². The van der Waals surface area contributed by atoms with Crippen molar-refractivity contribution in [2.45, 2.75) is 20.4 Å². The van der Waals surface area contributed by atoms with Gasteiger partial charge in [0.05, 0.1) is 11.9 Å². The number of sulfonamides is 1. The molecule has 116 valence electrons. The number of furan rings is 1. The van der Waals surface area contributed by atoms with Crippen LogP contribution in [-0.4, -0.2) is 37.5 Å². The molecule has 8 heteroatoms. The van der Waals surface area contributed by atoms with Crippen molar-refractivity contribution < 1.29 is 12.8 Å². The molecule has 0 unspecified atom stereocenters. The molecule has 7 nitrogen and oxygen atoms in total. The number of hydrogen-bond acceptors (Lipinski definition) is 5. The quantitative estimate of drug-likeness (QED) is 0.632. The number of nitrogens with zero attached hydrogens (tertiary/aromatic N) is 1. The Morgan fingerprint density at radius 3 is 2.81 bits per heavy atom. The molecule has 0 bridgehead atoms. The minimum absolute atomic E-state index is 0.0940. The zero-order chi connectivity index (χ0) is 15.3. The first-order valence-corrected chi connectivity index (χ1v) is 8.44. The molecule has 2 heterocycles. The fourth-order valence-corrected chi connectivity index (χ4v) is 2.46. The molecule has 3 N–H and O–H groups in total. The molecule has 0 amide bonds. The van der Waals surface area contributed by atoms with Crippen LogP contribution in [0.15, 0.2) is 22.7 Å². The van der Waals surface area contributed by atoms with Gasteiger partial charge in [0.15, 0.2) is 5.76 Å². The zero-order valence-electron chi connectivity index (χ0n) is 12.1. The molecular formula is C13H20N4O3S. The summed E-state index contributed by atoms with van der Waals surface area (Å²) < 4.78 is 30.6. The molecule has 0 radical (unpaired) electrons. The highest BCUT2D eigenvalue weighted by Gasteiger charge is 2.11. The fourth-order valence-electron chi connectivity index (χ4n) is 1.85.